The Labute approximate surface area is 126 Å². The van der Waals surface area contributed by atoms with E-state index in [1.807, 2.05) is 12.1 Å². The molecule has 1 aliphatic heterocycles. The number of fused-ring (bicyclic) bond motifs is 1. The summed E-state index contributed by atoms with van der Waals surface area (Å²) in [5.41, 5.74) is 1.27. The molecule has 0 N–H and O–H groups in total. The lowest BCUT2D eigenvalue weighted by Crippen LogP contribution is -2.38. The van der Waals surface area contributed by atoms with Gasteiger partial charge in [-0.3, -0.25) is 4.79 Å². The van der Waals surface area contributed by atoms with E-state index in [1.165, 1.54) is 0 Å². The summed E-state index contributed by atoms with van der Waals surface area (Å²) in [6.45, 7) is 3.49. The third kappa shape index (κ3) is 2.02. The molecule has 0 saturated carbocycles. The Kier molecular flexibility index (Phi) is 2.85. The highest BCUT2D eigenvalue weighted by Crippen LogP contribution is 2.24. The molecule has 7 nitrogen and oxygen atoms in total. The Morgan fingerprint density at radius 1 is 1.36 bits per heavy atom. The van der Waals surface area contributed by atoms with Crippen LogP contribution < -0.4 is 0 Å². The Bertz CT molecular complexity index is 816. The standard InChI is InChI=1S/C15H14N4O3/c1-10-7-11(17-22-10)15(20)18-4-5-19-12(8-16-14(19)9-18)13-3-2-6-21-13/h2-3,6-8H,4-5,9H2,1H3. The summed E-state index contributed by atoms with van der Waals surface area (Å²) in [7, 11) is 0. The number of hydrogen-bond donors (Lipinski definition) is 0. The zero-order chi connectivity index (χ0) is 15.1. The first kappa shape index (κ1) is 12.9. The number of nitrogens with zero attached hydrogens (tertiary/aromatic N) is 4. The molecule has 0 aliphatic carbocycles. The number of furan rings is 1. The summed E-state index contributed by atoms with van der Waals surface area (Å²) >= 11 is 0. The maximum atomic E-state index is 12.4. The minimum absolute atomic E-state index is 0.134. The van der Waals surface area contributed by atoms with Crippen molar-refractivity contribution in [3.8, 4) is 11.5 Å². The van der Waals surface area contributed by atoms with Crippen molar-refractivity contribution < 1.29 is 13.7 Å². The number of aryl methyl sites for hydroxylation is 1. The highest BCUT2D eigenvalue weighted by Gasteiger charge is 2.26. The molecule has 0 saturated heterocycles. The first-order valence-corrected chi connectivity index (χ1v) is 7.03. The summed E-state index contributed by atoms with van der Waals surface area (Å²) in [6.07, 6.45) is 3.42. The van der Waals surface area contributed by atoms with Crippen LogP contribution in [0.2, 0.25) is 0 Å². The minimum Gasteiger partial charge on any atom is -0.463 e. The monoisotopic (exact) mass is 298 g/mol. The molecule has 0 radical (unpaired) electrons. The van der Waals surface area contributed by atoms with Crippen LogP contribution in [0.5, 0.6) is 0 Å². The van der Waals surface area contributed by atoms with Crippen molar-refractivity contribution in [1.29, 1.82) is 0 Å². The number of imidazole rings is 1. The highest BCUT2D eigenvalue weighted by atomic mass is 16.5. The fourth-order valence-electron chi connectivity index (χ4n) is 2.68. The van der Waals surface area contributed by atoms with E-state index >= 15 is 0 Å². The second-order valence-electron chi connectivity index (χ2n) is 5.24. The van der Waals surface area contributed by atoms with Crippen LogP contribution in [0.4, 0.5) is 0 Å². The second kappa shape index (κ2) is 4.87. The third-order valence-electron chi connectivity index (χ3n) is 3.77. The largest absolute Gasteiger partial charge is 0.463 e. The summed E-state index contributed by atoms with van der Waals surface area (Å²) in [5, 5.41) is 3.78. The number of carbonyl (C=O) groups is 1. The second-order valence-corrected chi connectivity index (χ2v) is 5.24. The summed E-state index contributed by atoms with van der Waals surface area (Å²) in [5.74, 6) is 2.12. The molecule has 1 amide bonds. The van der Waals surface area contributed by atoms with Gasteiger partial charge >= 0.3 is 0 Å². The minimum atomic E-state index is -0.134. The molecular formula is C15H14N4O3. The molecule has 112 valence electrons. The molecular weight excluding hydrogens is 284 g/mol. The van der Waals surface area contributed by atoms with E-state index in [1.54, 1.807) is 30.4 Å². The highest BCUT2D eigenvalue weighted by molar-refractivity contribution is 5.92. The van der Waals surface area contributed by atoms with Crippen molar-refractivity contribution in [3.63, 3.8) is 0 Å². The van der Waals surface area contributed by atoms with E-state index in [2.05, 4.69) is 14.7 Å². The lowest BCUT2D eigenvalue weighted by Gasteiger charge is -2.27. The molecule has 0 fully saturated rings. The van der Waals surface area contributed by atoms with Gasteiger partial charge in [-0.2, -0.15) is 0 Å². The van der Waals surface area contributed by atoms with Crippen LogP contribution in [0, 0.1) is 6.92 Å². The lowest BCUT2D eigenvalue weighted by atomic mass is 10.2. The molecule has 4 rings (SSSR count). The predicted octanol–water partition coefficient (Wildman–Crippen LogP) is 2.10. The normalized spacial score (nSPS) is 14.1. The molecule has 0 spiro atoms. The SMILES string of the molecule is Cc1cc(C(=O)N2CCn3c(-c4ccco4)cnc3C2)no1. The molecule has 0 unspecified atom stereocenters. The van der Waals surface area contributed by atoms with Crippen LogP contribution in [0.25, 0.3) is 11.5 Å². The van der Waals surface area contributed by atoms with Crippen molar-refractivity contribution in [1.82, 2.24) is 19.6 Å². The summed E-state index contributed by atoms with van der Waals surface area (Å²) in [6, 6.07) is 5.40. The van der Waals surface area contributed by atoms with Gasteiger partial charge in [0, 0.05) is 19.2 Å². The summed E-state index contributed by atoms with van der Waals surface area (Å²) < 4.78 is 12.5. The predicted molar refractivity (Wildman–Crippen MR) is 75.9 cm³/mol. The number of carbonyl (C=O) groups excluding carboxylic acids is 1. The number of aromatic nitrogens is 3. The van der Waals surface area contributed by atoms with Gasteiger partial charge in [-0.1, -0.05) is 5.16 Å². The van der Waals surface area contributed by atoms with Crippen molar-refractivity contribution in [2.24, 2.45) is 0 Å². The zero-order valence-electron chi connectivity index (χ0n) is 12.0. The molecule has 22 heavy (non-hydrogen) atoms. The number of rotatable bonds is 2. The van der Waals surface area contributed by atoms with Crippen molar-refractivity contribution >= 4 is 5.91 Å². The van der Waals surface area contributed by atoms with E-state index in [-0.39, 0.29) is 5.91 Å². The summed E-state index contributed by atoms with van der Waals surface area (Å²) in [4.78, 5) is 18.5. The molecule has 7 heteroatoms. The van der Waals surface area contributed by atoms with Gasteiger partial charge in [-0.15, -0.1) is 0 Å². The Morgan fingerprint density at radius 2 is 2.27 bits per heavy atom. The first-order chi connectivity index (χ1) is 10.7. The van der Waals surface area contributed by atoms with Crippen molar-refractivity contribution in [3.05, 3.63) is 47.9 Å². The number of hydrogen-bond acceptors (Lipinski definition) is 5. The van der Waals surface area contributed by atoms with Gasteiger partial charge in [0.25, 0.3) is 5.91 Å². The Hall–Kier alpha value is -2.83. The van der Waals surface area contributed by atoms with Gasteiger partial charge in [-0.05, 0) is 19.1 Å². The molecule has 1 aliphatic rings. The van der Waals surface area contributed by atoms with Gasteiger partial charge in [0.05, 0.1) is 19.0 Å². The van der Waals surface area contributed by atoms with Crippen LogP contribution in [0.1, 0.15) is 22.1 Å². The molecule has 3 aromatic heterocycles. The van der Waals surface area contributed by atoms with Gasteiger partial charge < -0.3 is 18.4 Å². The molecule has 0 atom stereocenters. The van der Waals surface area contributed by atoms with Crippen LogP contribution in [-0.4, -0.2) is 32.1 Å². The van der Waals surface area contributed by atoms with Gasteiger partial charge in [0.1, 0.15) is 17.3 Å². The van der Waals surface area contributed by atoms with Crippen LogP contribution in [0.15, 0.2) is 39.6 Å². The smallest absolute Gasteiger partial charge is 0.276 e. The van der Waals surface area contributed by atoms with E-state index in [0.29, 0.717) is 31.1 Å². The van der Waals surface area contributed by atoms with Crippen molar-refractivity contribution in [2.75, 3.05) is 6.54 Å². The van der Waals surface area contributed by atoms with Crippen LogP contribution >= 0.6 is 0 Å². The first-order valence-electron chi connectivity index (χ1n) is 7.03. The molecule has 4 heterocycles. The van der Waals surface area contributed by atoms with E-state index in [9.17, 15) is 4.79 Å². The van der Waals surface area contributed by atoms with Crippen LogP contribution in [0.3, 0.4) is 0 Å². The Morgan fingerprint density at radius 3 is 3.00 bits per heavy atom. The third-order valence-corrected chi connectivity index (χ3v) is 3.77. The maximum Gasteiger partial charge on any atom is 0.276 e. The fourth-order valence-corrected chi connectivity index (χ4v) is 2.68. The Balaban J connectivity index is 1.59. The maximum absolute atomic E-state index is 12.4. The lowest BCUT2D eigenvalue weighted by molar-refractivity contribution is 0.0697. The average Bonchev–Trinajstić information content (AvgIpc) is 3.25. The van der Waals surface area contributed by atoms with Crippen molar-refractivity contribution in [2.45, 2.75) is 20.0 Å². The zero-order valence-corrected chi connectivity index (χ0v) is 12.0. The molecule has 0 aromatic carbocycles. The van der Waals surface area contributed by atoms with E-state index < -0.39 is 0 Å². The topological polar surface area (TPSA) is 77.3 Å². The van der Waals surface area contributed by atoms with Gasteiger partial charge in [-0.25, -0.2) is 4.98 Å². The fraction of sp³-hybridized carbons (Fsp3) is 0.267. The average molecular weight is 298 g/mol. The van der Waals surface area contributed by atoms with Gasteiger partial charge in [0.2, 0.25) is 0 Å². The van der Waals surface area contributed by atoms with E-state index in [4.69, 9.17) is 8.94 Å². The molecule has 3 aromatic rings. The quantitative estimate of drug-likeness (QED) is 0.724. The van der Waals surface area contributed by atoms with Crippen LogP contribution in [-0.2, 0) is 13.1 Å². The number of amides is 1. The van der Waals surface area contributed by atoms with Gasteiger partial charge in [0.15, 0.2) is 11.5 Å². The van der Waals surface area contributed by atoms with E-state index in [0.717, 1.165) is 17.3 Å². The molecule has 0 bridgehead atoms.